The highest BCUT2D eigenvalue weighted by Crippen LogP contribution is 2.37. The van der Waals surface area contributed by atoms with Crippen molar-refractivity contribution in [3.63, 3.8) is 0 Å². The van der Waals surface area contributed by atoms with Gasteiger partial charge in [0.25, 0.3) is 5.56 Å². The second kappa shape index (κ2) is 8.34. The average Bonchev–Trinajstić information content (AvgIpc) is 3.15. The number of rotatable bonds is 4. The predicted octanol–water partition coefficient (Wildman–Crippen LogP) is 5.51. The molecular formula is C25H27ClN4O2. The molecule has 0 amide bonds. The van der Waals surface area contributed by atoms with Gasteiger partial charge in [-0.15, -0.1) is 0 Å². The van der Waals surface area contributed by atoms with Gasteiger partial charge in [0.05, 0.1) is 28.8 Å². The van der Waals surface area contributed by atoms with Crippen molar-refractivity contribution >= 4 is 28.2 Å². The van der Waals surface area contributed by atoms with E-state index < -0.39 is 0 Å². The normalized spacial score (nSPS) is 21.4. The zero-order valence-electron chi connectivity index (χ0n) is 18.6. The number of hydrogen-bond acceptors (Lipinski definition) is 4. The van der Waals surface area contributed by atoms with E-state index in [1.165, 1.54) is 6.42 Å². The van der Waals surface area contributed by atoms with Crippen LogP contribution in [0.4, 0.5) is 0 Å². The van der Waals surface area contributed by atoms with Crippen LogP contribution in [0.25, 0.3) is 27.7 Å². The van der Waals surface area contributed by atoms with Crippen molar-refractivity contribution in [1.82, 2.24) is 19.2 Å². The van der Waals surface area contributed by atoms with Crippen molar-refractivity contribution in [2.24, 2.45) is 11.8 Å². The summed E-state index contributed by atoms with van der Waals surface area (Å²) in [7, 11) is 1.65. The first kappa shape index (κ1) is 21.2. The third kappa shape index (κ3) is 3.42. The van der Waals surface area contributed by atoms with E-state index in [0.29, 0.717) is 34.5 Å². The first-order valence-corrected chi connectivity index (χ1v) is 11.5. The van der Waals surface area contributed by atoms with Gasteiger partial charge in [-0.3, -0.25) is 4.79 Å². The van der Waals surface area contributed by atoms with Crippen LogP contribution < -0.4 is 5.56 Å². The molecule has 7 heteroatoms. The molecule has 32 heavy (non-hydrogen) atoms. The number of aromatic nitrogens is 4. The minimum atomic E-state index is -0.000292. The Kier molecular flexibility index (Phi) is 5.51. The standard InChI is InChI=1S/C25H27ClN4O2/c1-15-5-4-6-21(16(15)2)29-12-11-22-19(25(29)31)13-27-24-23(17-7-9-18(26)10-8-17)20(14-32-3)28-30(22)24/h7-13,15-16,21H,4-6,14H2,1-3H3/t15-,16-,21-/m1/s1. The molecule has 0 N–H and O–H groups in total. The van der Waals surface area contributed by atoms with Crippen LogP contribution in [0.15, 0.2) is 47.5 Å². The van der Waals surface area contributed by atoms with Gasteiger partial charge in [-0.25, -0.2) is 9.50 Å². The Morgan fingerprint density at radius 2 is 1.94 bits per heavy atom. The number of hydrogen-bond donors (Lipinski definition) is 0. The zero-order valence-corrected chi connectivity index (χ0v) is 19.3. The maximum atomic E-state index is 13.5. The van der Waals surface area contributed by atoms with Crippen molar-refractivity contribution in [3.8, 4) is 11.1 Å². The van der Waals surface area contributed by atoms with Gasteiger partial charge in [0.1, 0.15) is 0 Å². The van der Waals surface area contributed by atoms with Gasteiger partial charge >= 0.3 is 0 Å². The Bertz CT molecular complexity index is 1340. The molecule has 3 heterocycles. The predicted molar refractivity (Wildman–Crippen MR) is 127 cm³/mol. The van der Waals surface area contributed by atoms with Gasteiger partial charge in [-0.1, -0.05) is 50.4 Å². The fourth-order valence-corrected chi connectivity index (χ4v) is 5.21. The summed E-state index contributed by atoms with van der Waals surface area (Å²) in [6, 6.07) is 9.82. The van der Waals surface area contributed by atoms with Gasteiger partial charge in [-0.05, 0) is 42.0 Å². The number of nitrogens with zero attached hydrogens (tertiary/aromatic N) is 4. The molecule has 1 aliphatic rings. The minimum Gasteiger partial charge on any atom is -0.378 e. The van der Waals surface area contributed by atoms with E-state index in [0.717, 1.165) is 35.2 Å². The monoisotopic (exact) mass is 450 g/mol. The maximum Gasteiger partial charge on any atom is 0.261 e. The van der Waals surface area contributed by atoms with Gasteiger partial charge in [-0.2, -0.15) is 5.10 Å². The first-order valence-electron chi connectivity index (χ1n) is 11.2. The molecule has 1 aliphatic carbocycles. The summed E-state index contributed by atoms with van der Waals surface area (Å²) < 4.78 is 9.09. The highest BCUT2D eigenvalue weighted by Gasteiger charge is 2.29. The molecule has 0 aliphatic heterocycles. The lowest BCUT2D eigenvalue weighted by Crippen LogP contribution is -2.33. The van der Waals surface area contributed by atoms with Gasteiger partial charge in [0.2, 0.25) is 0 Å². The van der Waals surface area contributed by atoms with Crippen LogP contribution in [0.5, 0.6) is 0 Å². The number of ether oxygens (including phenoxy) is 1. The molecule has 0 unspecified atom stereocenters. The smallest absolute Gasteiger partial charge is 0.261 e. The Morgan fingerprint density at radius 1 is 1.16 bits per heavy atom. The van der Waals surface area contributed by atoms with Crippen LogP contribution in [-0.4, -0.2) is 26.3 Å². The fourth-order valence-electron chi connectivity index (χ4n) is 5.09. The van der Waals surface area contributed by atoms with E-state index in [1.807, 2.05) is 41.1 Å². The van der Waals surface area contributed by atoms with E-state index in [-0.39, 0.29) is 11.6 Å². The number of pyridine rings is 1. The van der Waals surface area contributed by atoms with Crippen molar-refractivity contribution in [2.45, 2.75) is 45.8 Å². The lowest BCUT2D eigenvalue weighted by Gasteiger charge is -2.35. The summed E-state index contributed by atoms with van der Waals surface area (Å²) in [4.78, 5) is 18.2. The fraction of sp³-hybridized carbons (Fsp3) is 0.400. The number of benzene rings is 1. The molecule has 6 nitrogen and oxygen atoms in total. The largest absolute Gasteiger partial charge is 0.378 e. The lowest BCUT2D eigenvalue weighted by atomic mass is 9.78. The second-order valence-corrected chi connectivity index (χ2v) is 9.35. The Labute approximate surface area is 191 Å². The van der Waals surface area contributed by atoms with E-state index >= 15 is 0 Å². The van der Waals surface area contributed by atoms with Gasteiger partial charge < -0.3 is 9.30 Å². The van der Waals surface area contributed by atoms with Crippen LogP contribution >= 0.6 is 11.6 Å². The number of methoxy groups -OCH3 is 1. The molecule has 1 saturated carbocycles. The quantitative estimate of drug-likeness (QED) is 0.411. The summed E-state index contributed by atoms with van der Waals surface area (Å²) in [5.74, 6) is 1.08. The molecule has 0 radical (unpaired) electrons. The lowest BCUT2D eigenvalue weighted by molar-refractivity contribution is 0.181. The van der Waals surface area contributed by atoms with E-state index in [1.54, 1.807) is 17.8 Å². The summed E-state index contributed by atoms with van der Waals surface area (Å²) in [6.07, 6.45) is 7.04. The molecule has 3 aromatic heterocycles. The van der Waals surface area contributed by atoms with Gasteiger partial charge in [0, 0.05) is 30.6 Å². The molecule has 4 aromatic rings. The molecule has 5 rings (SSSR count). The Balaban J connectivity index is 1.70. The van der Waals surface area contributed by atoms with Crippen molar-refractivity contribution < 1.29 is 4.74 Å². The zero-order chi connectivity index (χ0) is 22.4. The summed E-state index contributed by atoms with van der Waals surface area (Å²) >= 11 is 6.09. The second-order valence-electron chi connectivity index (χ2n) is 8.92. The van der Waals surface area contributed by atoms with Crippen LogP contribution in [-0.2, 0) is 11.3 Å². The van der Waals surface area contributed by atoms with Crippen molar-refractivity contribution in [3.05, 3.63) is 63.8 Å². The molecule has 1 aromatic carbocycles. The highest BCUT2D eigenvalue weighted by molar-refractivity contribution is 6.30. The molecule has 0 bridgehead atoms. The maximum absolute atomic E-state index is 13.5. The molecule has 0 spiro atoms. The van der Waals surface area contributed by atoms with E-state index in [9.17, 15) is 4.79 Å². The SMILES string of the molecule is COCc1nn2c(ncc3c(=O)n([C@@H]4CCC[C@@H](C)[C@H]4C)ccc32)c1-c1ccc(Cl)cc1. The van der Waals surface area contributed by atoms with E-state index in [4.69, 9.17) is 26.4 Å². The van der Waals surface area contributed by atoms with Crippen molar-refractivity contribution in [1.29, 1.82) is 0 Å². The van der Waals surface area contributed by atoms with Crippen LogP contribution in [0.3, 0.4) is 0 Å². The van der Waals surface area contributed by atoms with E-state index in [2.05, 4.69) is 13.8 Å². The minimum absolute atomic E-state index is 0.000292. The van der Waals surface area contributed by atoms with Crippen LogP contribution in [0.1, 0.15) is 44.8 Å². The summed E-state index contributed by atoms with van der Waals surface area (Å²) in [5.41, 5.74) is 4.08. The summed E-state index contributed by atoms with van der Waals surface area (Å²) in [6.45, 7) is 4.89. The molecule has 1 fully saturated rings. The average molecular weight is 451 g/mol. The Morgan fingerprint density at radius 3 is 2.69 bits per heavy atom. The van der Waals surface area contributed by atoms with Gasteiger partial charge in [0.15, 0.2) is 5.65 Å². The molecular weight excluding hydrogens is 424 g/mol. The molecule has 0 saturated heterocycles. The molecule has 3 atom stereocenters. The van der Waals surface area contributed by atoms with Crippen LogP contribution in [0, 0.1) is 11.8 Å². The summed E-state index contributed by atoms with van der Waals surface area (Å²) in [5, 5.41) is 6.04. The Hall–Kier alpha value is -2.70. The molecule has 166 valence electrons. The number of fused-ring (bicyclic) bond motifs is 3. The highest BCUT2D eigenvalue weighted by atomic mass is 35.5. The van der Waals surface area contributed by atoms with Crippen LogP contribution in [0.2, 0.25) is 5.02 Å². The first-order chi connectivity index (χ1) is 15.5. The topological polar surface area (TPSA) is 61.4 Å². The third-order valence-electron chi connectivity index (χ3n) is 7.05. The number of halogens is 1. The van der Waals surface area contributed by atoms with Crippen molar-refractivity contribution in [2.75, 3.05) is 7.11 Å². The third-order valence-corrected chi connectivity index (χ3v) is 7.30.